The van der Waals surface area contributed by atoms with Crippen molar-refractivity contribution in [2.45, 2.75) is 61.8 Å². The second-order valence-corrected chi connectivity index (χ2v) is 6.98. The Morgan fingerprint density at radius 3 is 2.95 bits per heavy atom. The topological polar surface area (TPSA) is 43.3 Å². The van der Waals surface area contributed by atoms with Gasteiger partial charge in [0.05, 0.1) is 5.69 Å². The zero-order chi connectivity index (χ0) is 13.9. The van der Waals surface area contributed by atoms with E-state index >= 15 is 0 Å². The molecule has 2 aromatic heterocycles. The molecule has 0 aliphatic heterocycles. The smallest absolute Gasteiger partial charge is 0.138 e. The summed E-state index contributed by atoms with van der Waals surface area (Å²) in [5.41, 5.74) is 8.53. The minimum atomic E-state index is 0.220. The lowest BCUT2D eigenvalue weighted by Gasteiger charge is -2.12. The van der Waals surface area contributed by atoms with Crippen LogP contribution in [0.2, 0.25) is 0 Å². The second-order valence-electron chi connectivity index (χ2n) is 5.69. The summed E-state index contributed by atoms with van der Waals surface area (Å²) in [6.07, 6.45) is 9.43. The van der Waals surface area contributed by atoms with Crippen LogP contribution in [0.4, 0.5) is 0 Å². The van der Waals surface area contributed by atoms with Gasteiger partial charge in [0, 0.05) is 23.9 Å². The molecular weight excluding hydrogens is 266 g/mol. The normalized spacial score (nSPS) is 17.9. The highest BCUT2D eigenvalue weighted by Crippen LogP contribution is 2.36. The Morgan fingerprint density at radius 1 is 1.40 bits per heavy atom. The number of fused-ring (bicyclic) bond motifs is 1. The van der Waals surface area contributed by atoms with E-state index in [1.54, 1.807) is 0 Å². The van der Waals surface area contributed by atoms with Crippen LogP contribution in [0.3, 0.4) is 0 Å². The van der Waals surface area contributed by atoms with Gasteiger partial charge in [0.25, 0.3) is 0 Å². The minimum Gasteiger partial charge on any atom is -0.327 e. The first kappa shape index (κ1) is 14.0. The molecule has 1 unspecified atom stereocenters. The van der Waals surface area contributed by atoms with E-state index in [1.807, 2.05) is 11.8 Å². The summed E-state index contributed by atoms with van der Waals surface area (Å²) < 4.78 is 2.22. The molecule has 1 aliphatic rings. The molecule has 1 atom stereocenters. The van der Waals surface area contributed by atoms with Crippen molar-refractivity contribution < 1.29 is 0 Å². The lowest BCUT2D eigenvalue weighted by Crippen LogP contribution is -2.22. The third-order valence-electron chi connectivity index (χ3n) is 4.15. The van der Waals surface area contributed by atoms with Crippen molar-refractivity contribution in [2.75, 3.05) is 0 Å². The lowest BCUT2D eigenvalue weighted by molar-refractivity contribution is 0.626. The maximum atomic E-state index is 6.18. The average molecular weight is 289 g/mol. The van der Waals surface area contributed by atoms with Gasteiger partial charge in [0.1, 0.15) is 10.7 Å². The fourth-order valence-corrected chi connectivity index (χ4v) is 4.21. The SMILES string of the molecule is CCC(N)Cc1c(SC2CCCC2)nc2ccccn12. The summed E-state index contributed by atoms with van der Waals surface area (Å²) in [6, 6.07) is 6.42. The molecule has 0 radical (unpaired) electrons. The van der Waals surface area contributed by atoms with Crippen LogP contribution in [-0.4, -0.2) is 20.7 Å². The Hall–Kier alpha value is -1.00. The highest BCUT2D eigenvalue weighted by molar-refractivity contribution is 7.99. The van der Waals surface area contributed by atoms with E-state index in [1.165, 1.54) is 36.4 Å². The van der Waals surface area contributed by atoms with Crippen LogP contribution in [0, 0.1) is 0 Å². The Kier molecular flexibility index (Phi) is 4.32. The maximum absolute atomic E-state index is 6.18. The van der Waals surface area contributed by atoms with Crippen molar-refractivity contribution >= 4 is 17.4 Å². The third kappa shape index (κ3) is 2.86. The fraction of sp³-hybridized carbons (Fsp3) is 0.562. The molecule has 3 rings (SSSR count). The van der Waals surface area contributed by atoms with Gasteiger partial charge in [-0.1, -0.05) is 25.8 Å². The van der Waals surface area contributed by atoms with E-state index < -0.39 is 0 Å². The molecule has 108 valence electrons. The molecule has 2 heterocycles. The van der Waals surface area contributed by atoms with Crippen molar-refractivity contribution in [3.8, 4) is 0 Å². The van der Waals surface area contributed by atoms with E-state index in [2.05, 4.69) is 35.7 Å². The van der Waals surface area contributed by atoms with Crippen LogP contribution >= 0.6 is 11.8 Å². The summed E-state index contributed by atoms with van der Waals surface area (Å²) in [5.74, 6) is 0. The van der Waals surface area contributed by atoms with Gasteiger partial charge in [-0.2, -0.15) is 0 Å². The van der Waals surface area contributed by atoms with E-state index in [0.717, 1.165) is 23.7 Å². The van der Waals surface area contributed by atoms with Crippen LogP contribution in [0.1, 0.15) is 44.7 Å². The average Bonchev–Trinajstić information content (AvgIpc) is 3.08. The van der Waals surface area contributed by atoms with Gasteiger partial charge in [0.2, 0.25) is 0 Å². The maximum Gasteiger partial charge on any atom is 0.138 e. The third-order valence-corrected chi connectivity index (χ3v) is 5.51. The van der Waals surface area contributed by atoms with Gasteiger partial charge in [-0.3, -0.25) is 0 Å². The number of hydrogen-bond acceptors (Lipinski definition) is 3. The Bertz CT molecular complexity index is 572. The van der Waals surface area contributed by atoms with Gasteiger partial charge in [-0.15, -0.1) is 11.8 Å². The second kappa shape index (κ2) is 6.19. The first-order valence-electron chi connectivity index (χ1n) is 7.66. The molecule has 1 aliphatic carbocycles. The Balaban J connectivity index is 1.93. The summed E-state index contributed by atoms with van der Waals surface area (Å²) in [5, 5.41) is 1.95. The van der Waals surface area contributed by atoms with E-state index in [9.17, 15) is 0 Å². The van der Waals surface area contributed by atoms with Gasteiger partial charge in [-0.05, 0) is 31.4 Å². The highest BCUT2D eigenvalue weighted by Gasteiger charge is 2.21. The number of imidazole rings is 1. The number of aromatic nitrogens is 2. The zero-order valence-electron chi connectivity index (χ0n) is 12.1. The Labute approximate surface area is 125 Å². The molecule has 2 N–H and O–H groups in total. The van der Waals surface area contributed by atoms with Crippen LogP contribution in [0.15, 0.2) is 29.4 Å². The van der Waals surface area contributed by atoms with Gasteiger partial charge in [-0.25, -0.2) is 4.98 Å². The van der Waals surface area contributed by atoms with E-state index in [-0.39, 0.29) is 6.04 Å². The number of hydrogen-bond donors (Lipinski definition) is 1. The summed E-state index contributed by atoms with van der Waals surface area (Å²) in [6.45, 7) is 2.15. The van der Waals surface area contributed by atoms with E-state index in [4.69, 9.17) is 10.7 Å². The molecule has 2 aromatic rings. The van der Waals surface area contributed by atoms with Gasteiger partial charge < -0.3 is 10.1 Å². The standard InChI is InChI=1S/C16H23N3S/c1-2-12(17)11-14-16(20-13-7-3-4-8-13)18-15-9-5-6-10-19(14)15/h5-6,9-10,12-13H,2-4,7-8,11,17H2,1H3. The molecule has 0 saturated heterocycles. The molecule has 3 nitrogen and oxygen atoms in total. The Morgan fingerprint density at radius 2 is 2.20 bits per heavy atom. The van der Waals surface area contributed by atoms with Crippen LogP contribution < -0.4 is 5.73 Å². The molecule has 0 amide bonds. The predicted molar refractivity (Wildman–Crippen MR) is 85.3 cm³/mol. The van der Waals surface area contributed by atoms with Crippen molar-refractivity contribution in [1.82, 2.24) is 9.38 Å². The zero-order valence-corrected chi connectivity index (χ0v) is 12.9. The summed E-state index contributed by atoms with van der Waals surface area (Å²) in [7, 11) is 0. The minimum absolute atomic E-state index is 0.220. The predicted octanol–water partition coefficient (Wildman–Crippen LogP) is 3.65. The van der Waals surface area contributed by atoms with Crippen molar-refractivity contribution in [3.63, 3.8) is 0 Å². The van der Waals surface area contributed by atoms with Crippen molar-refractivity contribution in [1.29, 1.82) is 0 Å². The van der Waals surface area contributed by atoms with Crippen LogP contribution in [0.5, 0.6) is 0 Å². The number of nitrogens with zero attached hydrogens (tertiary/aromatic N) is 2. The molecule has 1 saturated carbocycles. The van der Waals surface area contributed by atoms with Crippen LogP contribution in [0.25, 0.3) is 5.65 Å². The monoisotopic (exact) mass is 289 g/mol. The largest absolute Gasteiger partial charge is 0.327 e. The first-order valence-corrected chi connectivity index (χ1v) is 8.54. The molecule has 20 heavy (non-hydrogen) atoms. The van der Waals surface area contributed by atoms with Gasteiger partial charge in [0.15, 0.2) is 0 Å². The first-order chi connectivity index (χ1) is 9.78. The fourth-order valence-electron chi connectivity index (χ4n) is 2.86. The molecule has 0 bridgehead atoms. The number of thioether (sulfide) groups is 1. The molecule has 0 aromatic carbocycles. The van der Waals surface area contributed by atoms with Crippen LogP contribution in [-0.2, 0) is 6.42 Å². The number of pyridine rings is 1. The van der Waals surface area contributed by atoms with Crippen molar-refractivity contribution in [3.05, 3.63) is 30.1 Å². The quantitative estimate of drug-likeness (QED) is 0.913. The lowest BCUT2D eigenvalue weighted by atomic mass is 10.1. The number of rotatable bonds is 5. The number of nitrogens with two attached hydrogens (primary N) is 1. The molecule has 1 fully saturated rings. The van der Waals surface area contributed by atoms with Gasteiger partial charge >= 0.3 is 0 Å². The summed E-state index contributed by atoms with van der Waals surface area (Å²) in [4.78, 5) is 4.83. The molecule has 0 spiro atoms. The van der Waals surface area contributed by atoms with E-state index in [0.29, 0.717) is 0 Å². The summed E-state index contributed by atoms with van der Waals surface area (Å²) >= 11 is 1.97. The molecule has 4 heteroatoms. The molecular formula is C16H23N3S. The highest BCUT2D eigenvalue weighted by atomic mass is 32.2. The van der Waals surface area contributed by atoms with Crippen molar-refractivity contribution in [2.24, 2.45) is 5.73 Å².